The lowest BCUT2D eigenvalue weighted by molar-refractivity contribution is -0.384. The summed E-state index contributed by atoms with van der Waals surface area (Å²) in [5.74, 6) is -0.322. The third kappa shape index (κ3) is 2.07. The standard InChI is InChI=1S/C9H10N2O3/c1-6-3-7(9(12)10-2)5-8(4-6)11(13)14/h3-5H,1-2H3,(H,10,12). The van der Waals surface area contributed by atoms with Crippen LogP contribution in [-0.4, -0.2) is 17.9 Å². The maximum atomic E-state index is 11.2. The van der Waals surface area contributed by atoms with Gasteiger partial charge >= 0.3 is 0 Å². The number of carbonyl (C=O) groups excluding carboxylic acids is 1. The van der Waals surface area contributed by atoms with E-state index >= 15 is 0 Å². The minimum absolute atomic E-state index is 0.0661. The summed E-state index contributed by atoms with van der Waals surface area (Å²) >= 11 is 0. The molecule has 0 aliphatic carbocycles. The van der Waals surface area contributed by atoms with Gasteiger partial charge in [0.2, 0.25) is 0 Å². The average molecular weight is 194 g/mol. The molecule has 0 saturated carbocycles. The van der Waals surface area contributed by atoms with Crippen molar-refractivity contribution in [3.05, 3.63) is 39.4 Å². The minimum Gasteiger partial charge on any atom is -0.355 e. The van der Waals surface area contributed by atoms with Crippen LogP contribution in [0.4, 0.5) is 5.69 Å². The third-order valence-corrected chi connectivity index (χ3v) is 1.76. The second kappa shape index (κ2) is 3.87. The molecule has 0 spiro atoms. The van der Waals surface area contributed by atoms with E-state index in [2.05, 4.69) is 5.32 Å². The lowest BCUT2D eigenvalue weighted by Gasteiger charge is -2.01. The predicted octanol–water partition coefficient (Wildman–Crippen LogP) is 1.26. The smallest absolute Gasteiger partial charge is 0.270 e. The van der Waals surface area contributed by atoms with E-state index in [1.807, 2.05) is 0 Å². The zero-order chi connectivity index (χ0) is 10.7. The molecular weight excluding hydrogens is 184 g/mol. The molecule has 0 radical (unpaired) electrons. The van der Waals surface area contributed by atoms with E-state index in [4.69, 9.17) is 0 Å². The molecule has 0 saturated heterocycles. The average Bonchev–Trinajstić information content (AvgIpc) is 2.15. The number of nitro groups is 1. The molecule has 1 N–H and O–H groups in total. The molecule has 74 valence electrons. The molecule has 1 rings (SSSR count). The second-order valence-electron chi connectivity index (χ2n) is 2.89. The Morgan fingerprint density at radius 1 is 1.43 bits per heavy atom. The zero-order valence-corrected chi connectivity index (χ0v) is 7.90. The summed E-state index contributed by atoms with van der Waals surface area (Å²) < 4.78 is 0. The van der Waals surface area contributed by atoms with Crippen molar-refractivity contribution < 1.29 is 9.72 Å². The quantitative estimate of drug-likeness (QED) is 0.569. The molecule has 14 heavy (non-hydrogen) atoms. The van der Waals surface area contributed by atoms with E-state index in [-0.39, 0.29) is 11.6 Å². The monoisotopic (exact) mass is 194 g/mol. The predicted molar refractivity (Wildman–Crippen MR) is 51.2 cm³/mol. The molecule has 5 heteroatoms. The van der Waals surface area contributed by atoms with Gasteiger partial charge in [-0.05, 0) is 18.6 Å². The number of hydrogen-bond acceptors (Lipinski definition) is 3. The van der Waals surface area contributed by atoms with Gasteiger partial charge in [-0.25, -0.2) is 0 Å². The van der Waals surface area contributed by atoms with Crippen molar-refractivity contribution in [3.63, 3.8) is 0 Å². The summed E-state index contributed by atoms with van der Waals surface area (Å²) in [6.45, 7) is 1.71. The summed E-state index contributed by atoms with van der Waals surface area (Å²) in [6.07, 6.45) is 0. The summed E-state index contributed by atoms with van der Waals surface area (Å²) in [5.41, 5.74) is 0.931. The fraction of sp³-hybridized carbons (Fsp3) is 0.222. The molecule has 1 aromatic rings. The van der Waals surface area contributed by atoms with E-state index in [1.54, 1.807) is 13.0 Å². The van der Waals surface area contributed by atoms with Crippen molar-refractivity contribution in [1.29, 1.82) is 0 Å². The van der Waals surface area contributed by atoms with E-state index in [0.717, 1.165) is 0 Å². The number of aryl methyl sites for hydroxylation is 1. The van der Waals surface area contributed by atoms with Gasteiger partial charge in [0, 0.05) is 24.7 Å². The van der Waals surface area contributed by atoms with Gasteiger partial charge in [0.25, 0.3) is 11.6 Å². The van der Waals surface area contributed by atoms with Crippen LogP contribution in [-0.2, 0) is 0 Å². The van der Waals surface area contributed by atoms with Gasteiger partial charge in [0.1, 0.15) is 0 Å². The van der Waals surface area contributed by atoms with E-state index in [0.29, 0.717) is 11.1 Å². The Bertz CT molecular complexity index is 388. The summed E-state index contributed by atoms with van der Waals surface area (Å²) in [4.78, 5) is 21.2. The second-order valence-corrected chi connectivity index (χ2v) is 2.89. The lowest BCUT2D eigenvalue weighted by Crippen LogP contribution is -2.17. The first kappa shape index (κ1) is 10.2. The highest BCUT2D eigenvalue weighted by atomic mass is 16.6. The van der Waals surface area contributed by atoms with Crippen LogP contribution in [0, 0.1) is 17.0 Å². The largest absolute Gasteiger partial charge is 0.355 e. The van der Waals surface area contributed by atoms with Crippen LogP contribution in [0.25, 0.3) is 0 Å². The van der Waals surface area contributed by atoms with Crippen LogP contribution in [0.5, 0.6) is 0 Å². The van der Waals surface area contributed by atoms with Crippen molar-refractivity contribution in [3.8, 4) is 0 Å². The van der Waals surface area contributed by atoms with Gasteiger partial charge in [0.15, 0.2) is 0 Å². The van der Waals surface area contributed by atoms with Gasteiger partial charge in [-0.1, -0.05) is 0 Å². The van der Waals surface area contributed by atoms with Crippen LogP contribution in [0.2, 0.25) is 0 Å². The number of nitro benzene ring substituents is 1. The maximum Gasteiger partial charge on any atom is 0.270 e. The molecule has 0 aliphatic heterocycles. The molecule has 0 unspecified atom stereocenters. The number of amides is 1. The Hall–Kier alpha value is -1.91. The number of rotatable bonds is 2. The first-order chi connectivity index (χ1) is 6.54. The molecule has 1 amide bonds. The SMILES string of the molecule is CNC(=O)c1cc(C)cc([N+](=O)[O-])c1. The molecule has 0 atom stereocenters. The molecule has 0 fully saturated rings. The van der Waals surface area contributed by atoms with Crippen molar-refractivity contribution in [2.75, 3.05) is 7.05 Å². The number of nitrogens with one attached hydrogen (secondary N) is 1. The molecular formula is C9H10N2O3. The number of non-ortho nitro benzene ring substituents is 1. The van der Waals surface area contributed by atoms with Crippen LogP contribution in [0.1, 0.15) is 15.9 Å². The Kier molecular flexibility index (Phi) is 2.81. The van der Waals surface area contributed by atoms with Gasteiger partial charge in [-0.15, -0.1) is 0 Å². The van der Waals surface area contributed by atoms with Crippen LogP contribution in [0.3, 0.4) is 0 Å². The van der Waals surface area contributed by atoms with Gasteiger partial charge in [-0.3, -0.25) is 14.9 Å². The molecule has 0 aliphatic rings. The van der Waals surface area contributed by atoms with Crippen LogP contribution < -0.4 is 5.32 Å². The van der Waals surface area contributed by atoms with E-state index < -0.39 is 4.92 Å². The topological polar surface area (TPSA) is 72.2 Å². The van der Waals surface area contributed by atoms with Gasteiger partial charge in [-0.2, -0.15) is 0 Å². The highest BCUT2D eigenvalue weighted by Crippen LogP contribution is 2.16. The highest BCUT2D eigenvalue weighted by Gasteiger charge is 2.11. The van der Waals surface area contributed by atoms with Crippen molar-refractivity contribution in [2.24, 2.45) is 0 Å². The fourth-order valence-corrected chi connectivity index (χ4v) is 1.14. The van der Waals surface area contributed by atoms with Gasteiger partial charge in [0.05, 0.1) is 4.92 Å². The molecule has 0 aromatic heterocycles. The number of carbonyl (C=O) groups is 1. The summed E-state index contributed by atoms with van der Waals surface area (Å²) in [6, 6.07) is 4.28. The van der Waals surface area contributed by atoms with E-state index in [9.17, 15) is 14.9 Å². The lowest BCUT2D eigenvalue weighted by atomic mass is 10.1. The maximum absolute atomic E-state index is 11.2. The normalized spacial score (nSPS) is 9.57. The first-order valence-corrected chi connectivity index (χ1v) is 4.02. The number of hydrogen-bond donors (Lipinski definition) is 1. The molecule has 5 nitrogen and oxygen atoms in total. The van der Waals surface area contributed by atoms with Crippen LogP contribution in [0.15, 0.2) is 18.2 Å². The number of benzene rings is 1. The first-order valence-electron chi connectivity index (χ1n) is 4.02. The van der Waals surface area contributed by atoms with Crippen molar-refractivity contribution in [1.82, 2.24) is 5.32 Å². The van der Waals surface area contributed by atoms with E-state index in [1.165, 1.54) is 19.2 Å². The molecule has 0 heterocycles. The Balaban J connectivity index is 3.20. The Morgan fingerprint density at radius 2 is 2.07 bits per heavy atom. The van der Waals surface area contributed by atoms with Gasteiger partial charge < -0.3 is 5.32 Å². The zero-order valence-electron chi connectivity index (χ0n) is 7.90. The fourth-order valence-electron chi connectivity index (χ4n) is 1.14. The number of nitrogens with zero attached hydrogens (tertiary/aromatic N) is 1. The summed E-state index contributed by atoms with van der Waals surface area (Å²) in [7, 11) is 1.48. The third-order valence-electron chi connectivity index (χ3n) is 1.76. The van der Waals surface area contributed by atoms with Crippen molar-refractivity contribution >= 4 is 11.6 Å². The molecule has 0 bridgehead atoms. The van der Waals surface area contributed by atoms with Crippen LogP contribution >= 0.6 is 0 Å². The Labute approximate surface area is 80.9 Å². The summed E-state index contributed by atoms with van der Waals surface area (Å²) in [5, 5.41) is 12.9. The molecule has 1 aromatic carbocycles. The Morgan fingerprint density at radius 3 is 2.57 bits per heavy atom. The van der Waals surface area contributed by atoms with Crippen molar-refractivity contribution in [2.45, 2.75) is 6.92 Å². The highest BCUT2D eigenvalue weighted by molar-refractivity contribution is 5.94. The minimum atomic E-state index is -0.514.